The summed E-state index contributed by atoms with van der Waals surface area (Å²) in [5.41, 5.74) is 2.80. The average Bonchev–Trinajstić information content (AvgIpc) is 2.68. The largest absolute Gasteiger partial charge is 0.493 e. The number of halogens is 1. The number of nitrogens with one attached hydrogen (secondary N) is 1. The minimum Gasteiger partial charge on any atom is -0.493 e. The molecule has 1 atom stereocenters. The van der Waals surface area contributed by atoms with Gasteiger partial charge >= 0.3 is 5.97 Å². The SMILES string of the molecule is COc1cccc(/C=N/NC(=O)COc2ccccc2I)c1O[C@@H](C)C(=O)O. The monoisotopic (exact) mass is 498 g/mol. The van der Waals surface area contributed by atoms with Gasteiger partial charge in [0.2, 0.25) is 0 Å². The number of carboxylic acids is 1. The molecule has 0 aliphatic rings. The lowest BCUT2D eigenvalue weighted by Gasteiger charge is -2.15. The van der Waals surface area contributed by atoms with E-state index in [0.717, 1.165) is 3.57 Å². The van der Waals surface area contributed by atoms with Gasteiger partial charge in [-0.2, -0.15) is 5.10 Å². The third-order valence-corrected chi connectivity index (χ3v) is 4.35. The van der Waals surface area contributed by atoms with E-state index in [-0.39, 0.29) is 12.4 Å². The van der Waals surface area contributed by atoms with Crippen LogP contribution in [0.4, 0.5) is 0 Å². The highest BCUT2D eigenvalue weighted by molar-refractivity contribution is 14.1. The van der Waals surface area contributed by atoms with Crippen molar-refractivity contribution in [3.05, 3.63) is 51.6 Å². The van der Waals surface area contributed by atoms with E-state index < -0.39 is 18.0 Å². The molecule has 0 saturated carbocycles. The maximum Gasteiger partial charge on any atom is 0.344 e. The Morgan fingerprint density at radius 2 is 1.93 bits per heavy atom. The summed E-state index contributed by atoms with van der Waals surface area (Å²) in [5, 5.41) is 12.9. The number of amides is 1. The fourth-order valence-electron chi connectivity index (χ4n) is 2.06. The first-order chi connectivity index (χ1) is 13.4. The Labute approximate surface area is 175 Å². The lowest BCUT2D eigenvalue weighted by atomic mass is 10.2. The van der Waals surface area contributed by atoms with Crippen molar-refractivity contribution in [3.63, 3.8) is 0 Å². The fraction of sp³-hybridized carbons (Fsp3) is 0.211. The van der Waals surface area contributed by atoms with Gasteiger partial charge in [-0.25, -0.2) is 10.2 Å². The molecule has 0 heterocycles. The van der Waals surface area contributed by atoms with Gasteiger partial charge in [0.15, 0.2) is 24.2 Å². The van der Waals surface area contributed by atoms with Crippen LogP contribution in [-0.2, 0) is 9.59 Å². The molecule has 8 nitrogen and oxygen atoms in total. The molecule has 148 valence electrons. The zero-order valence-corrected chi connectivity index (χ0v) is 17.4. The van der Waals surface area contributed by atoms with Gasteiger partial charge < -0.3 is 19.3 Å². The zero-order valence-electron chi connectivity index (χ0n) is 15.2. The first-order valence-corrected chi connectivity index (χ1v) is 9.26. The molecule has 0 aliphatic carbocycles. The van der Waals surface area contributed by atoms with Crippen molar-refractivity contribution in [2.45, 2.75) is 13.0 Å². The lowest BCUT2D eigenvalue weighted by Crippen LogP contribution is -2.25. The van der Waals surface area contributed by atoms with Crippen LogP contribution in [0.2, 0.25) is 0 Å². The molecule has 2 N–H and O–H groups in total. The van der Waals surface area contributed by atoms with E-state index in [4.69, 9.17) is 19.3 Å². The van der Waals surface area contributed by atoms with Crippen molar-refractivity contribution in [1.29, 1.82) is 0 Å². The van der Waals surface area contributed by atoms with Crippen LogP contribution in [0.25, 0.3) is 0 Å². The highest BCUT2D eigenvalue weighted by Gasteiger charge is 2.18. The number of hydrazone groups is 1. The molecule has 1 amide bonds. The zero-order chi connectivity index (χ0) is 20.5. The molecule has 0 bridgehead atoms. The third-order valence-electron chi connectivity index (χ3n) is 3.46. The van der Waals surface area contributed by atoms with Crippen LogP contribution in [0.15, 0.2) is 47.6 Å². The molecule has 2 aromatic rings. The van der Waals surface area contributed by atoms with E-state index in [1.807, 2.05) is 18.2 Å². The van der Waals surface area contributed by atoms with Gasteiger partial charge in [0, 0.05) is 5.56 Å². The molecular weight excluding hydrogens is 479 g/mol. The van der Waals surface area contributed by atoms with E-state index in [9.17, 15) is 9.59 Å². The summed E-state index contributed by atoms with van der Waals surface area (Å²) in [6.45, 7) is 1.20. The van der Waals surface area contributed by atoms with Crippen molar-refractivity contribution in [3.8, 4) is 17.2 Å². The molecule has 0 aromatic heterocycles. The predicted octanol–water partition coefficient (Wildman–Crippen LogP) is 2.68. The molecule has 0 fully saturated rings. The molecular formula is C19H19IN2O6. The van der Waals surface area contributed by atoms with Crippen LogP contribution in [0.1, 0.15) is 12.5 Å². The minimum atomic E-state index is -1.12. The second-order valence-electron chi connectivity index (χ2n) is 5.49. The number of rotatable bonds is 9. The van der Waals surface area contributed by atoms with Gasteiger partial charge in [0.25, 0.3) is 5.91 Å². The molecule has 0 spiro atoms. The summed E-state index contributed by atoms with van der Waals surface area (Å²) in [6.07, 6.45) is 0.260. The van der Waals surface area contributed by atoms with Crippen molar-refractivity contribution in [2.75, 3.05) is 13.7 Å². The molecule has 0 aliphatic heterocycles. The molecule has 0 saturated heterocycles. The molecule has 0 unspecified atom stereocenters. The average molecular weight is 498 g/mol. The number of methoxy groups -OCH3 is 1. The number of aliphatic carboxylic acids is 1. The highest BCUT2D eigenvalue weighted by atomic mass is 127. The highest BCUT2D eigenvalue weighted by Crippen LogP contribution is 2.31. The second-order valence-corrected chi connectivity index (χ2v) is 6.65. The molecule has 28 heavy (non-hydrogen) atoms. The first kappa shape index (κ1) is 21.5. The van der Waals surface area contributed by atoms with Gasteiger partial charge in [0.1, 0.15) is 5.75 Å². The lowest BCUT2D eigenvalue weighted by molar-refractivity contribution is -0.144. The Hall–Kier alpha value is -2.82. The van der Waals surface area contributed by atoms with Crippen molar-refractivity contribution >= 4 is 40.7 Å². The van der Waals surface area contributed by atoms with Crippen LogP contribution in [0, 0.1) is 3.57 Å². The Kier molecular flexibility index (Phi) is 8.05. The van der Waals surface area contributed by atoms with Gasteiger partial charge in [-0.1, -0.05) is 18.2 Å². The Morgan fingerprint density at radius 3 is 2.61 bits per heavy atom. The summed E-state index contributed by atoms with van der Waals surface area (Å²) in [6, 6.07) is 12.3. The standard InChI is InChI=1S/C19H19IN2O6/c1-12(19(24)25)28-18-13(6-5-9-16(18)26-2)10-21-22-17(23)11-27-15-8-4-3-7-14(15)20/h3-10,12H,11H2,1-2H3,(H,22,23)(H,24,25)/b21-10+/t12-/m0/s1. The quantitative estimate of drug-likeness (QED) is 0.313. The maximum absolute atomic E-state index is 11.9. The number of benzene rings is 2. The third kappa shape index (κ3) is 6.12. The van der Waals surface area contributed by atoms with E-state index >= 15 is 0 Å². The van der Waals surface area contributed by atoms with E-state index in [0.29, 0.717) is 17.1 Å². The van der Waals surface area contributed by atoms with Crippen molar-refractivity contribution < 1.29 is 28.9 Å². The summed E-state index contributed by atoms with van der Waals surface area (Å²) < 4.78 is 17.0. The summed E-state index contributed by atoms with van der Waals surface area (Å²) in [5.74, 6) is -0.387. The smallest absolute Gasteiger partial charge is 0.344 e. The molecule has 0 radical (unpaired) electrons. The molecule has 9 heteroatoms. The summed E-state index contributed by atoms with van der Waals surface area (Å²) >= 11 is 2.11. The number of ether oxygens (including phenoxy) is 3. The van der Waals surface area contributed by atoms with Gasteiger partial charge in [0.05, 0.1) is 16.9 Å². The Morgan fingerprint density at radius 1 is 1.21 bits per heavy atom. The minimum absolute atomic E-state index is 0.200. The van der Waals surface area contributed by atoms with E-state index in [2.05, 4.69) is 33.1 Å². The molecule has 2 aromatic carbocycles. The number of nitrogens with zero attached hydrogens (tertiary/aromatic N) is 1. The van der Waals surface area contributed by atoms with Gasteiger partial charge in [-0.3, -0.25) is 4.79 Å². The van der Waals surface area contributed by atoms with E-state index in [1.165, 1.54) is 20.2 Å². The number of carbonyl (C=O) groups is 2. The Balaban J connectivity index is 2.02. The predicted molar refractivity (Wildman–Crippen MR) is 111 cm³/mol. The van der Waals surface area contributed by atoms with Crippen LogP contribution >= 0.6 is 22.6 Å². The topological polar surface area (TPSA) is 106 Å². The van der Waals surface area contributed by atoms with Crippen LogP contribution < -0.4 is 19.6 Å². The van der Waals surface area contributed by atoms with E-state index in [1.54, 1.807) is 24.3 Å². The maximum atomic E-state index is 11.9. The van der Waals surface area contributed by atoms with Crippen LogP contribution in [-0.4, -0.2) is 43.0 Å². The normalized spacial score (nSPS) is 11.7. The number of carbonyl (C=O) groups excluding carboxylic acids is 1. The summed E-state index contributed by atoms with van der Waals surface area (Å²) in [7, 11) is 1.44. The van der Waals surface area contributed by atoms with Crippen molar-refractivity contribution in [1.82, 2.24) is 5.43 Å². The first-order valence-electron chi connectivity index (χ1n) is 8.18. The van der Waals surface area contributed by atoms with Gasteiger partial charge in [-0.15, -0.1) is 0 Å². The Bertz CT molecular complexity index is 871. The summed E-state index contributed by atoms with van der Waals surface area (Å²) in [4.78, 5) is 23.0. The number of carboxylic acid groups (broad SMARTS) is 1. The second kappa shape index (κ2) is 10.5. The van der Waals surface area contributed by atoms with Crippen molar-refractivity contribution in [2.24, 2.45) is 5.10 Å². The number of hydrogen-bond acceptors (Lipinski definition) is 6. The van der Waals surface area contributed by atoms with Crippen LogP contribution in [0.5, 0.6) is 17.2 Å². The molecule has 2 rings (SSSR count). The van der Waals surface area contributed by atoms with Crippen LogP contribution in [0.3, 0.4) is 0 Å². The van der Waals surface area contributed by atoms with Gasteiger partial charge in [-0.05, 0) is 53.8 Å². The fourth-order valence-corrected chi connectivity index (χ4v) is 2.60. The number of para-hydroxylation sites is 2. The number of hydrogen-bond donors (Lipinski definition) is 2.